The van der Waals surface area contributed by atoms with Crippen LogP contribution in [0.25, 0.3) is 10.9 Å². The first-order chi connectivity index (χ1) is 14.8. The molecule has 4 aromatic rings. The van der Waals surface area contributed by atoms with Gasteiger partial charge in [0.15, 0.2) is 0 Å². The van der Waals surface area contributed by atoms with Crippen molar-refractivity contribution in [2.45, 2.75) is 0 Å². The van der Waals surface area contributed by atoms with E-state index >= 15 is 0 Å². The van der Waals surface area contributed by atoms with Crippen LogP contribution >= 0.6 is 11.3 Å². The molecule has 0 saturated carbocycles. The van der Waals surface area contributed by atoms with Crippen molar-refractivity contribution in [2.75, 3.05) is 5.32 Å². The molecule has 156 valence electrons. The van der Waals surface area contributed by atoms with Crippen molar-refractivity contribution in [1.29, 1.82) is 0 Å². The summed E-state index contributed by atoms with van der Waals surface area (Å²) < 4.78 is 27.9. The first-order valence-corrected chi connectivity index (χ1v) is 9.68. The van der Waals surface area contributed by atoms with Gasteiger partial charge in [-0.25, -0.2) is 18.1 Å². The van der Waals surface area contributed by atoms with Crippen LogP contribution in [-0.2, 0) is 0 Å². The summed E-state index contributed by atoms with van der Waals surface area (Å²) in [5.74, 6) is -4.15. The van der Waals surface area contributed by atoms with Gasteiger partial charge in [0.25, 0.3) is 5.91 Å². The molecule has 2 aromatic carbocycles. The summed E-state index contributed by atoms with van der Waals surface area (Å²) in [6, 6.07) is 9.01. The van der Waals surface area contributed by atoms with E-state index in [1.807, 2.05) is 0 Å². The lowest BCUT2D eigenvalue weighted by Crippen LogP contribution is -2.19. The maximum Gasteiger partial charge on any atom is 0.326 e. The highest BCUT2D eigenvalue weighted by Crippen LogP contribution is 2.35. The summed E-state index contributed by atoms with van der Waals surface area (Å²) in [4.78, 5) is 38.3. The Morgan fingerprint density at radius 3 is 2.48 bits per heavy atom. The van der Waals surface area contributed by atoms with Gasteiger partial charge in [-0.2, -0.15) is 0 Å². The van der Waals surface area contributed by atoms with Crippen LogP contribution < -0.4 is 11.1 Å². The van der Waals surface area contributed by atoms with Crippen LogP contribution in [-0.4, -0.2) is 27.4 Å². The fourth-order valence-corrected chi connectivity index (χ4v) is 3.95. The number of primary amides is 1. The van der Waals surface area contributed by atoms with Gasteiger partial charge in [0, 0.05) is 17.0 Å². The van der Waals surface area contributed by atoms with Gasteiger partial charge in [-0.1, -0.05) is 18.2 Å². The molecule has 7 nitrogen and oxygen atoms in total. The Hall–Kier alpha value is -4.05. The number of nitrogens with one attached hydrogen (secondary N) is 1. The largest absolute Gasteiger partial charge is 0.494 e. The number of thiophene rings is 1. The minimum absolute atomic E-state index is 0.0251. The summed E-state index contributed by atoms with van der Waals surface area (Å²) in [6.07, 6.45) is 0. The number of benzene rings is 2. The predicted octanol–water partition coefficient (Wildman–Crippen LogP) is 4.10. The number of halogens is 2. The molecule has 0 spiro atoms. The lowest BCUT2D eigenvalue weighted by atomic mass is 10.0. The van der Waals surface area contributed by atoms with Gasteiger partial charge in [-0.05, 0) is 29.6 Å². The van der Waals surface area contributed by atoms with Crippen molar-refractivity contribution in [2.24, 2.45) is 5.73 Å². The predicted molar refractivity (Wildman–Crippen MR) is 111 cm³/mol. The molecule has 0 bridgehead atoms. The number of aromatic nitrogens is 1. The van der Waals surface area contributed by atoms with E-state index in [1.165, 1.54) is 29.5 Å². The Kier molecular flexibility index (Phi) is 4.99. The third-order valence-corrected chi connectivity index (χ3v) is 5.45. The van der Waals surface area contributed by atoms with E-state index in [0.29, 0.717) is 15.5 Å². The number of fused-ring (bicyclic) bond motifs is 1. The van der Waals surface area contributed by atoms with Crippen molar-refractivity contribution >= 4 is 45.6 Å². The van der Waals surface area contributed by atoms with E-state index in [1.54, 1.807) is 17.5 Å². The van der Waals surface area contributed by atoms with Crippen LogP contribution in [0.15, 0.2) is 53.9 Å². The van der Waals surface area contributed by atoms with Gasteiger partial charge >= 0.3 is 6.03 Å². The number of hydrogen-bond donors (Lipinski definition) is 3. The number of aromatic hydroxyl groups is 1. The Morgan fingerprint density at radius 1 is 1.06 bits per heavy atom. The minimum atomic E-state index is -1.09. The molecule has 2 aromatic heterocycles. The molecule has 0 aliphatic heterocycles. The molecule has 0 saturated heterocycles. The van der Waals surface area contributed by atoms with Crippen LogP contribution in [0, 0.1) is 11.6 Å². The number of carbonyl (C=O) groups excluding carboxylic acids is 3. The number of carbonyl (C=O) groups is 3. The number of amides is 2. The van der Waals surface area contributed by atoms with Crippen molar-refractivity contribution in [3.8, 4) is 5.88 Å². The molecule has 2 heterocycles. The molecular formula is C21H13F2N3O4S. The fraction of sp³-hybridized carbons (Fsp3) is 0. The molecule has 0 aliphatic rings. The summed E-state index contributed by atoms with van der Waals surface area (Å²) in [5, 5.41) is 14.5. The number of nitrogens with two attached hydrogens (primary N) is 1. The van der Waals surface area contributed by atoms with E-state index in [-0.39, 0.29) is 22.2 Å². The Labute approximate surface area is 177 Å². The monoisotopic (exact) mass is 441 g/mol. The lowest BCUT2D eigenvalue weighted by Gasteiger charge is -2.08. The van der Waals surface area contributed by atoms with E-state index in [0.717, 1.165) is 12.1 Å². The second kappa shape index (κ2) is 7.65. The Bertz CT molecular complexity index is 1360. The SMILES string of the molecule is NC(=O)n1c(O)c(C(=O)Nc2ccc(F)cc2F)c2c(C(=O)c3cccs3)cccc21. The van der Waals surface area contributed by atoms with Crippen LogP contribution in [0.1, 0.15) is 25.6 Å². The minimum Gasteiger partial charge on any atom is -0.494 e. The zero-order chi connectivity index (χ0) is 22.3. The smallest absolute Gasteiger partial charge is 0.326 e. The van der Waals surface area contributed by atoms with E-state index < -0.39 is 40.8 Å². The van der Waals surface area contributed by atoms with Crippen LogP contribution in [0.3, 0.4) is 0 Å². The quantitative estimate of drug-likeness (QED) is 0.414. The van der Waals surface area contributed by atoms with Gasteiger partial charge in [0.2, 0.25) is 11.7 Å². The van der Waals surface area contributed by atoms with Gasteiger partial charge in [0.1, 0.15) is 17.2 Å². The Morgan fingerprint density at radius 2 is 1.84 bits per heavy atom. The summed E-state index contributed by atoms with van der Waals surface area (Å²) in [7, 11) is 0. The van der Waals surface area contributed by atoms with Crippen molar-refractivity contribution in [1.82, 2.24) is 4.57 Å². The standard InChI is InChI=1S/C21H13F2N3O4S/c22-10-6-7-13(12(23)9-10)25-19(28)17-16-11(18(27)15-5-2-8-31-15)3-1-4-14(16)26(20(17)29)21(24)30/h1-9,29H,(H2,24,30)(H,25,28). The Balaban J connectivity index is 1.93. The van der Waals surface area contributed by atoms with Crippen LogP contribution in [0.4, 0.5) is 19.3 Å². The second-order valence-electron chi connectivity index (χ2n) is 6.46. The fourth-order valence-electron chi connectivity index (χ4n) is 3.27. The van der Waals surface area contributed by atoms with Gasteiger partial charge in [0.05, 0.1) is 16.1 Å². The molecule has 0 aliphatic carbocycles. The highest BCUT2D eigenvalue weighted by molar-refractivity contribution is 7.12. The molecule has 4 N–H and O–H groups in total. The molecular weight excluding hydrogens is 428 g/mol. The second-order valence-corrected chi connectivity index (χ2v) is 7.40. The number of nitrogens with zero attached hydrogens (tertiary/aromatic N) is 1. The van der Waals surface area contributed by atoms with E-state index in [9.17, 15) is 28.3 Å². The summed E-state index contributed by atoms with van der Waals surface area (Å²) >= 11 is 1.18. The number of ketones is 1. The first kappa shape index (κ1) is 20.2. The van der Waals surface area contributed by atoms with Crippen molar-refractivity contribution < 1.29 is 28.3 Å². The highest BCUT2D eigenvalue weighted by atomic mass is 32.1. The molecule has 0 radical (unpaired) electrons. The van der Waals surface area contributed by atoms with Crippen molar-refractivity contribution in [3.05, 3.63) is 81.5 Å². The number of anilines is 1. The van der Waals surface area contributed by atoms with Crippen LogP contribution in [0.2, 0.25) is 0 Å². The molecule has 0 atom stereocenters. The van der Waals surface area contributed by atoms with Gasteiger partial charge < -0.3 is 16.2 Å². The lowest BCUT2D eigenvalue weighted by molar-refractivity contribution is 0.102. The third-order valence-electron chi connectivity index (χ3n) is 4.59. The average Bonchev–Trinajstić information content (AvgIpc) is 3.35. The zero-order valence-corrected chi connectivity index (χ0v) is 16.4. The van der Waals surface area contributed by atoms with Crippen LogP contribution in [0.5, 0.6) is 5.88 Å². The van der Waals surface area contributed by atoms with Gasteiger partial charge in [-0.15, -0.1) is 11.3 Å². The highest BCUT2D eigenvalue weighted by Gasteiger charge is 2.29. The molecule has 0 fully saturated rings. The van der Waals surface area contributed by atoms with Crippen molar-refractivity contribution in [3.63, 3.8) is 0 Å². The molecule has 2 amide bonds. The van der Waals surface area contributed by atoms with E-state index in [2.05, 4.69) is 5.32 Å². The number of hydrogen-bond acceptors (Lipinski definition) is 5. The van der Waals surface area contributed by atoms with E-state index in [4.69, 9.17) is 5.73 Å². The molecule has 10 heteroatoms. The molecule has 4 rings (SSSR count). The normalized spacial score (nSPS) is 10.9. The zero-order valence-electron chi connectivity index (χ0n) is 15.6. The maximum atomic E-state index is 14.0. The summed E-state index contributed by atoms with van der Waals surface area (Å²) in [6.45, 7) is 0. The topological polar surface area (TPSA) is 114 Å². The number of rotatable bonds is 4. The molecule has 0 unspecified atom stereocenters. The maximum absolute atomic E-state index is 14.0. The first-order valence-electron chi connectivity index (χ1n) is 8.80. The summed E-state index contributed by atoms with van der Waals surface area (Å²) in [5.41, 5.74) is 4.62. The molecule has 31 heavy (non-hydrogen) atoms. The third kappa shape index (κ3) is 3.42. The van der Waals surface area contributed by atoms with Gasteiger partial charge in [-0.3, -0.25) is 9.59 Å². The average molecular weight is 441 g/mol.